The molecule has 1 saturated heterocycles. The van der Waals surface area contributed by atoms with Crippen LogP contribution in [0.2, 0.25) is 0 Å². The van der Waals surface area contributed by atoms with Crippen LogP contribution < -0.4 is 14.4 Å². The molecule has 1 aromatic heterocycles. The van der Waals surface area contributed by atoms with E-state index in [0.29, 0.717) is 0 Å². The zero-order chi connectivity index (χ0) is 18.5. The van der Waals surface area contributed by atoms with Gasteiger partial charge in [-0.05, 0) is 42.8 Å². The molecule has 2 heterocycles. The summed E-state index contributed by atoms with van der Waals surface area (Å²) >= 11 is 0. The molecular formula is C19H23N3O4. The van der Waals surface area contributed by atoms with Crippen LogP contribution in [0.25, 0.3) is 0 Å². The van der Waals surface area contributed by atoms with Gasteiger partial charge in [0.2, 0.25) is 0 Å². The molecule has 0 amide bonds. The number of benzene rings is 1. The number of piperidine rings is 1. The van der Waals surface area contributed by atoms with E-state index < -0.39 is 5.97 Å². The maximum atomic E-state index is 11.5. The lowest BCUT2D eigenvalue weighted by Gasteiger charge is -2.33. The van der Waals surface area contributed by atoms with Crippen molar-refractivity contribution in [1.82, 2.24) is 10.2 Å². The maximum absolute atomic E-state index is 11.5. The molecule has 7 nitrogen and oxygen atoms in total. The third-order valence-corrected chi connectivity index (χ3v) is 4.46. The first kappa shape index (κ1) is 18.0. The van der Waals surface area contributed by atoms with Crippen LogP contribution in [0.15, 0.2) is 30.3 Å². The molecule has 0 atom stereocenters. The van der Waals surface area contributed by atoms with Gasteiger partial charge >= 0.3 is 5.97 Å². The monoisotopic (exact) mass is 357 g/mol. The highest BCUT2D eigenvalue weighted by molar-refractivity contribution is 5.87. The quantitative estimate of drug-likeness (QED) is 0.762. The number of carbonyl (C=O) groups is 1. The number of anilines is 1. The molecule has 1 aromatic carbocycles. The number of ether oxygens (including phenoxy) is 3. The molecule has 0 unspecified atom stereocenters. The van der Waals surface area contributed by atoms with Crippen LogP contribution in [0.3, 0.4) is 0 Å². The average Bonchev–Trinajstić information content (AvgIpc) is 2.68. The number of aryl methyl sites for hydroxylation is 1. The molecule has 0 radical (unpaired) electrons. The largest absolute Gasteiger partial charge is 0.497 e. The fraction of sp³-hybridized carbons (Fsp3) is 0.421. The summed E-state index contributed by atoms with van der Waals surface area (Å²) in [5.41, 5.74) is 1.14. The van der Waals surface area contributed by atoms with Gasteiger partial charge in [0, 0.05) is 25.9 Å². The Balaban J connectivity index is 1.58. The van der Waals surface area contributed by atoms with E-state index in [1.807, 2.05) is 31.2 Å². The second-order valence-corrected chi connectivity index (χ2v) is 6.21. The molecule has 2 aromatic rings. The molecule has 1 aliphatic heterocycles. The van der Waals surface area contributed by atoms with Gasteiger partial charge in [-0.25, -0.2) is 4.79 Å². The van der Waals surface area contributed by atoms with E-state index in [9.17, 15) is 4.79 Å². The summed E-state index contributed by atoms with van der Waals surface area (Å²) in [6.07, 6.45) is 1.96. The van der Waals surface area contributed by atoms with Crippen LogP contribution in [0.4, 0.5) is 5.82 Å². The first-order valence-corrected chi connectivity index (χ1v) is 8.59. The molecule has 0 saturated carbocycles. The van der Waals surface area contributed by atoms with E-state index in [1.54, 1.807) is 13.2 Å². The Morgan fingerprint density at radius 3 is 2.31 bits per heavy atom. The van der Waals surface area contributed by atoms with Gasteiger partial charge < -0.3 is 19.1 Å². The second-order valence-electron chi connectivity index (χ2n) is 6.21. The van der Waals surface area contributed by atoms with Gasteiger partial charge in [-0.2, -0.15) is 0 Å². The molecular weight excluding hydrogens is 334 g/mol. The number of nitrogens with zero attached hydrogens (tertiary/aromatic N) is 3. The molecule has 0 aliphatic carbocycles. The zero-order valence-electron chi connectivity index (χ0n) is 15.3. The van der Waals surface area contributed by atoms with Gasteiger partial charge in [-0.3, -0.25) is 0 Å². The number of carbonyl (C=O) groups excluding carboxylic acids is 1. The van der Waals surface area contributed by atoms with Crippen LogP contribution >= 0.6 is 0 Å². The van der Waals surface area contributed by atoms with Gasteiger partial charge in [0.1, 0.15) is 17.6 Å². The van der Waals surface area contributed by atoms with Crippen molar-refractivity contribution in [3.63, 3.8) is 0 Å². The number of hydrogen-bond donors (Lipinski definition) is 0. The third kappa shape index (κ3) is 4.04. The number of hydrogen-bond acceptors (Lipinski definition) is 7. The van der Waals surface area contributed by atoms with E-state index in [1.165, 1.54) is 7.11 Å². The summed E-state index contributed by atoms with van der Waals surface area (Å²) in [7, 11) is 2.98. The zero-order valence-corrected chi connectivity index (χ0v) is 15.3. The van der Waals surface area contributed by atoms with Crippen molar-refractivity contribution >= 4 is 11.8 Å². The molecule has 26 heavy (non-hydrogen) atoms. The first-order valence-electron chi connectivity index (χ1n) is 8.59. The van der Waals surface area contributed by atoms with Crippen molar-refractivity contribution in [2.45, 2.75) is 25.9 Å². The van der Waals surface area contributed by atoms with Gasteiger partial charge in [0.05, 0.1) is 14.2 Å². The molecule has 138 valence electrons. The topological polar surface area (TPSA) is 73.8 Å². The number of rotatable bonds is 5. The van der Waals surface area contributed by atoms with Crippen molar-refractivity contribution in [1.29, 1.82) is 0 Å². The Labute approximate surface area is 152 Å². The van der Waals surface area contributed by atoms with Crippen LogP contribution in [0.1, 0.15) is 28.9 Å². The minimum Gasteiger partial charge on any atom is -0.497 e. The number of methoxy groups -OCH3 is 2. The summed E-state index contributed by atoms with van der Waals surface area (Å²) < 4.78 is 15.9. The minimum atomic E-state index is -0.473. The van der Waals surface area contributed by atoms with Crippen LogP contribution in [-0.2, 0) is 4.74 Å². The average molecular weight is 357 g/mol. The number of aromatic nitrogens is 2. The van der Waals surface area contributed by atoms with Crippen molar-refractivity contribution in [3.05, 3.63) is 41.6 Å². The number of esters is 1. The predicted molar refractivity (Wildman–Crippen MR) is 97.0 cm³/mol. The normalized spacial score (nSPS) is 14.8. The van der Waals surface area contributed by atoms with Gasteiger partial charge in [0.15, 0.2) is 11.5 Å². The highest BCUT2D eigenvalue weighted by Gasteiger charge is 2.23. The van der Waals surface area contributed by atoms with Crippen LogP contribution in [0.5, 0.6) is 11.5 Å². The van der Waals surface area contributed by atoms with E-state index >= 15 is 0 Å². The Kier molecular flexibility index (Phi) is 5.55. The summed E-state index contributed by atoms with van der Waals surface area (Å²) in [5.74, 6) is 2.00. The lowest BCUT2D eigenvalue weighted by atomic mass is 10.1. The Morgan fingerprint density at radius 2 is 1.73 bits per heavy atom. The van der Waals surface area contributed by atoms with Crippen molar-refractivity contribution in [3.8, 4) is 11.5 Å². The first-order chi connectivity index (χ1) is 12.6. The molecule has 0 spiro atoms. The van der Waals surface area contributed by atoms with Gasteiger partial charge in [0.25, 0.3) is 0 Å². The fourth-order valence-electron chi connectivity index (χ4n) is 3.03. The van der Waals surface area contributed by atoms with Crippen LogP contribution in [-0.4, -0.2) is 49.6 Å². The van der Waals surface area contributed by atoms with E-state index in [4.69, 9.17) is 9.47 Å². The highest BCUT2D eigenvalue weighted by atomic mass is 16.5. The molecule has 7 heteroatoms. The lowest BCUT2D eigenvalue weighted by molar-refractivity contribution is 0.0592. The maximum Gasteiger partial charge on any atom is 0.358 e. The Hall–Kier alpha value is -2.83. The Morgan fingerprint density at radius 1 is 1.08 bits per heavy atom. The highest BCUT2D eigenvalue weighted by Crippen LogP contribution is 2.25. The summed E-state index contributed by atoms with van der Waals surface area (Å²) in [5, 5.41) is 8.20. The van der Waals surface area contributed by atoms with E-state index in [-0.39, 0.29) is 11.8 Å². The van der Waals surface area contributed by atoms with Crippen LogP contribution in [0, 0.1) is 6.92 Å². The minimum absolute atomic E-state index is 0.169. The van der Waals surface area contributed by atoms with Crippen molar-refractivity contribution < 1.29 is 19.0 Å². The standard InChI is InChI=1S/C19H23N3O4/c1-13-12-17(19(23)25-3)20-21-18(13)22-10-8-16(9-11-22)26-15-6-4-14(24-2)5-7-15/h4-7,12,16H,8-11H2,1-3H3. The predicted octanol–water partition coefficient (Wildman–Crippen LogP) is 2.63. The smallest absolute Gasteiger partial charge is 0.358 e. The van der Waals surface area contributed by atoms with E-state index in [0.717, 1.165) is 48.8 Å². The second kappa shape index (κ2) is 8.03. The SMILES string of the molecule is COC(=O)c1cc(C)c(N2CCC(Oc3ccc(OC)cc3)CC2)nn1. The summed E-state index contributed by atoms with van der Waals surface area (Å²) in [6, 6.07) is 9.35. The summed E-state index contributed by atoms with van der Waals surface area (Å²) in [6.45, 7) is 3.58. The third-order valence-electron chi connectivity index (χ3n) is 4.46. The van der Waals surface area contributed by atoms with E-state index in [2.05, 4.69) is 19.8 Å². The molecule has 0 N–H and O–H groups in total. The van der Waals surface area contributed by atoms with Gasteiger partial charge in [-0.15, -0.1) is 10.2 Å². The summed E-state index contributed by atoms with van der Waals surface area (Å²) in [4.78, 5) is 13.7. The van der Waals surface area contributed by atoms with Gasteiger partial charge in [-0.1, -0.05) is 0 Å². The molecule has 1 fully saturated rings. The van der Waals surface area contributed by atoms with Crippen molar-refractivity contribution in [2.24, 2.45) is 0 Å². The molecule has 3 rings (SSSR count). The fourth-order valence-corrected chi connectivity index (χ4v) is 3.03. The molecule has 0 bridgehead atoms. The van der Waals surface area contributed by atoms with Crippen molar-refractivity contribution in [2.75, 3.05) is 32.2 Å². The Bertz CT molecular complexity index is 756. The lowest BCUT2D eigenvalue weighted by Crippen LogP contribution is -2.39. The molecule has 1 aliphatic rings.